The largest absolute Gasteiger partial charge is 0.338 e. The molecule has 5 nitrogen and oxygen atoms in total. The van der Waals surface area contributed by atoms with Crippen molar-refractivity contribution >= 4 is 11.8 Å². The number of thioether (sulfide) groups is 1. The van der Waals surface area contributed by atoms with Gasteiger partial charge in [-0.05, 0) is 31.5 Å². The van der Waals surface area contributed by atoms with Crippen LogP contribution in [0.2, 0.25) is 0 Å². The van der Waals surface area contributed by atoms with Gasteiger partial charge >= 0.3 is 0 Å². The zero-order valence-corrected chi connectivity index (χ0v) is 15.5. The number of nitrogens with zero attached hydrogens (tertiary/aromatic N) is 4. The van der Waals surface area contributed by atoms with Crippen LogP contribution in [0.15, 0.2) is 46.3 Å². The normalized spacial score (nSPS) is 13.2. The van der Waals surface area contributed by atoms with Crippen LogP contribution in [0.4, 0.5) is 0 Å². The van der Waals surface area contributed by atoms with Crippen LogP contribution < -0.4 is 0 Å². The van der Waals surface area contributed by atoms with Gasteiger partial charge in [0.1, 0.15) is 0 Å². The van der Waals surface area contributed by atoms with E-state index in [1.165, 1.54) is 5.56 Å². The number of hydrogen-bond donors (Lipinski definition) is 0. The van der Waals surface area contributed by atoms with Gasteiger partial charge in [0, 0.05) is 23.5 Å². The second kappa shape index (κ2) is 6.43. The molecule has 2 aromatic heterocycles. The lowest BCUT2D eigenvalue weighted by atomic mass is 9.96. The third kappa shape index (κ3) is 3.53. The molecule has 0 fully saturated rings. The van der Waals surface area contributed by atoms with Crippen molar-refractivity contribution in [2.45, 2.75) is 50.4 Å². The van der Waals surface area contributed by atoms with Crippen molar-refractivity contribution in [3.63, 3.8) is 0 Å². The van der Waals surface area contributed by atoms with Gasteiger partial charge in [-0.25, -0.2) is 4.98 Å². The molecule has 0 bridgehead atoms. The molecule has 0 saturated heterocycles. The fourth-order valence-corrected chi connectivity index (χ4v) is 3.18. The Kier molecular flexibility index (Phi) is 4.49. The first-order valence-electron chi connectivity index (χ1n) is 7.96. The monoisotopic (exact) mass is 342 g/mol. The van der Waals surface area contributed by atoms with E-state index in [4.69, 9.17) is 4.52 Å². The van der Waals surface area contributed by atoms with E-state index < -0.39 is 0 Å². The highest BCUT2D eigenvalue weighted by molar-refractivity contribution is 7.99. The van der Waals surface area contributed by atoms with Crippen LogP contribution >= 0.6 is 11.8 Å². The molecule has 0 spiro atoms. The van der Waals surface area contributed by atoms with Crippen LogP contribution in [-0.2, 0) is 5.41 Å². The quantitative estimate of drug-likeness (QED) is 0.642. The minimum atomic E-state index is -0.119. The molecule has 0 unspecified atom stereocenters. The minimum Gasteiger partial charge on any atom is -0.338 e. The highest BCUT2D eigenvalue weighted by atomic mass is 32.2. The summed E-state index contributed by atoms with van der Waals surface area (Å²) in [6.07, 6.45) is 3.78. The molecule has 0 N–H and O–H groups in total. The van der Waals surface area contributed by atoms with Gasteiger partial charge in [-0.15, -0.1) is 0 Å². The molecule has 0 aliphatic heterocycles. The Hall–Kier alpha value is -2.08. The lowest BCUT2D eigenvalue weighted by Gasteiger charge is -2.12. The van der Waals surface area contributed by atoms with Crippen molar-refractivity contribution in [1.29, 1.82) is 0 Å². The predicted octanol–water partition coefficient (Wildman–Crippen LogP) is 4.71. The maximum absolute atomic E-state index is 5.45. The molecule has 0 aliphatic rings. The summed E-state index contributed by atoms with van der Waals surface area (Å²) in [4.78, 5) is 9.02. The molecule has 2 heterocycles. The van der Waals surface area contributed by atoms with Crippen LogP contribution in [0.25, 0.3) is 5.69 Å². The topological polar surface area (TPSA) is 56.7 Å². The van der Waals surface area contributed by atoms with Crippen LogP contribution in [0.3, 0.4) is 0 Å². The second-order valence-electron chi connectivity index (χ2n) is 6.89. The Labute approximate surface area is 146 Å². The van der Waals surface area contributed by atoms with Gasteiger partial charge in [0.25, 0.3) is 0 Å². The molecule has 6 heteroatoms. The van der Waals surface area contributed by atoms with Crippen LogP contribution in [0.5, 0.6) is 0 Å². The first-order valence-corrected chi connectivity index (χ1v) is 8.83. The molecular formula is C18H22N4OS. The van der Waals surface area contributed by atoms with Crippen LogP contribution in [0.1, 0.15) is 50.2 Å². The van der Waals surface area contributed by atoms with Crippen molar-refractivity contribution in [1.82, 2.24) is 19.7 Å². The highest BCUT2D eigenvalue weighted by Gasteiger charge is 2.24. The summed E-state index contributed by atoms with van der Waals surface area (Å²) in [6, 6.07) is 8.35. The number of benzene rings is 1. The number of aromatic nitrogens is 4. The summed E-state index contributed by atoms with van der Waals surface area (Å²) >= 11 is 1.61. The second-order valence-corrected chi connectivity index (χ2v) is 8.19. The summed E-state index contributed by atoms with van der Waals surface area (Å²) in [5, 5.41) is 5.04. The van der Waals surface area contributed by atoms with E-state index in [-0.39, 0.29) is 10.7 Å². The van der Waals surface area contributed by atoms with Gasteiger partial charge in [0.2, 0.25) is 5.89 Å². The van der Waals surface area contributed by atoms with Crippen molar-refractivity contribution in [2.75, 3.05) is 0 Å². The standard InChI is InChI=1S/C18H22N4OS/c1-12-7-6-8-14(11-12)22-10-9-19-17(22)24-13(2)15-20-16(21-23-15)18(3,4)5/h6-11,13H,1-5H3/t13-/m0/s1. The molecular weight excluding hydrogens is 320 g/mol. The van der Waals surface area contributed by atoms with E-state index in [0.717, 1.165) is 16.7 Å². The maximum Gasteiger partial charge on any atom is 0.239 e. The number of hydrogen-bond acceptors (Lipinski definition) is 5. The Morgan fingerprint density at radius 3 is 2.71 bits per heavy atom. The molecule has 3 rings (SSSR count). The number of rotatable bonds is 4. The van der Waals surface area contributed by atoms with Crippen LogP contribution in [0, 0.1) is 6.92 Å². The Balaban J connectivity index is 1.82. The van der Waals surface area contributed by atoms with Crippen LogP contribution in [-0.4, -0.2) is 19.7 Å². The lowest BCUT2D eigenvalue weighted by Crippen LogP contribution is -2.13. The maximum atomic E-state index is 5.45. The summed E-state index contributed by atoms with van der Waals surface area (Å²) in [5.41, 5.74) is 2.20. The zero-order chi connectivity index (χ0) is 17.3. The molecule has 0 amide bonds. The van der Waals surface area contributed by atoms with E-state index in [1.807, 2.05) is 12.4 Å². The molecule has 126 valence electrons. The van der Waals surface area contributed by atoms with E-state index >= 15 is 0 Å². The Morgan fingerprint density at radius 1 is 1.25 bits per heavy atom. The van der Waals surface area contributed by atoms with Crippen molar-refractivity contribution in [3.05, 3.63) is 53.9 Å². The molecule has 0 radical (unpaired) electrons. The SMILES string of the molecule is Cc1cccc(-n2ccnc2S[C@@H](C)c2nc(C(C)(C)C)no2)c1. The van der Waals surface area contributed by atoms with Crippen molar-refractivity contribution < 1.29 is 4.52 Å². The van der Waals surface area contributed by atoms with E-state index in [0.29, 0.717) is 5.89 Å². The van der Waals surface area contributed by atoms with E-state index in [2.05, 4.69) is 78.6 Å². The number of imidazole rings is 1. The van der Waals surface area contributed by atoms with Gasteiger partial charge in [-0.3, -0.25) is 4.57 Å². The average Bonchev–Trinajstić information content (AvgIpc) is 3.15. The lowest BCUT2D eigenvalue weighted by molar-refractivity contribution is 0.364. The van der Waals surface area contributed by atoms with Crippen molar-refractivity contribution in [3.8, 4) is 5.69 Å². The van der Waals surface area contributed by atoms with E-state index in [1.54, 1.807) is 11.8 Å². The summed E-state index contributed by atoms with van der Waals surface area (Å²) in [7, 11) is 0. The average molecular weight is 342 g/mol. The van der Waals surface area contributed by atoms with E-state index in [9.17, 15) is 0 Å². The molecule has 1 atom stereocenters. The van der Waals surface area contributed by atoms with Crippen molar-refractivity contribution in [2.24, 2.45) is 0 Å². The molecule has 0 saturated carbocycles. The third-order valence-electron chi connectivity index (χ3n) is 3.63. The first kappa shape index (κ1) is 16.8. The third-order valence-corrected chi connectivity index (χ3v) is 4.70. The highest BCUT2D eigenvalue weighted by Crippen LogP contribution is 2.35. The fraction of sp³-hybridized carbons (Fsp3) is 0.389. The molecule has 0 aliphatic carbocycles. The minimum absolute atomic E-state index is 0.0274. The molecule has 1 aromatic carbocycles. The number of aryl methyl sites for hydroxylation is 1. The summed E-state index contributed by atoms with van der Waals surface area (Å²) in [6.45, 7) is 10.4. The van der Waals surface area contributed by atoms with Gasteiger partial charge in [-0.2, -0.15) is 4.98 Å². The van der Waals surface area contributed by atoms with Gasteiger partial charge in [0.15, 0.2) is 11.0 Å². The molecule has 24 heavy (non-hydrogen) atoms. The molecule has 3 aromatic rings. The first-order chi connectivity index (χ1) is 11.3. The fourth-order valence-electron chi connectivity index (χ4n) is 2.26. The Bertz CT molecular complexity index is 831. The van der Waals surface area contributed by atoms with Gasteiger partial charge in [-0.1, -0.05) is 49.8 Å². The smallest absolute Gasteiger partial charge is 0.239 e. The summed E-state index contributed by atoms with van der Waals surface area (Å²) < 4.78 is 7.53. The zero-order valence-electron chi connectivity index (χ0n) is 14.6. The van der Waals surface area contributed by atoms with Gasteiger partial charge in [0.05, 0.1) is 5.25 Å². The van der Waals surface area contributed by atoms with Gasteiger partial charge < -0.3 is 4.52 Å². The Morgan fingerprint density at radius 2 is 2.04 bits per heavy atom. The summed E-state index contributed by atoms with van der Waals surface area (Å²) in [5.74, 6) is 1.36. The predicted molar refractivity (Wildman–Crippen MR) is 95.6 cm³/mol.